The quantitative estimate of drug-likeness (QED) is 0.696. The van der Waals surface area contributed by atoms with Crippen LogP contribution in [0.3, 0.4) is 0 Å². The van der Waals surface area contributed by atoms with Crippen molar-refractivity contribution in [2.75, 3.05) is 6.54 Å². The molecule has 0 radical (unpaired) electrons. The minimum absolute atomic E-state index is 0.0908. The smallest absolute Gasteiger partial charge is 0.411 e. The first-order valence-electron chi connectivity index (χ1n) is 7.50. The van der Waals surface area contributed by atoms with E-state index in [9.17, 15) is 14.4 Å². The van der Waals surface area contributed by atoms with Gasteiger partial charge in [0.2, 0.25) is 0 Å². The molecule has 22 heavy (non-hydrogen) atoms. The van der Waals surface area contributed by atoms with Gasteiger partial charge >= 0.3 is 12.1 Å². The Morgan fingerprint density at radius 2 is 1.55 bits per heavy atom. The van der Waals surface area contributed by atoms with Crippen molar-refractivity contribution in [3.63, 3.8) is 0 Å². The normalized spacial score (nSPS) is 23.2. The monoisotopic (exact) mass is 313 g/mol. The van der Waals surface area contributed by atoms with Crippen LogP contribution in [0, 0.1) is 0 Å². The summed E-state index contributed by atoms with van der Waals surface area (Å²) in [6.45, 7) is 12.0. The summed E-state index contributed by atoms with van der Waals surface area (Å²) in [5.74, 6) is -0.606. The Hall–Kier alpha value is -1.59. The fourth-order valence-electron chi connectivity index (χ4n) is 2.13. The van der Waals surface area contributed by atoms with Crippen molar-refractivity contribution >= 4 is 17.8 Å². The molecule has 1 fully saturated rings. The van der Waals surface area contributed by atoms with Gasteiger partial charge in [-0.1, -0.05) is 0 Å². The zero-order valence-corrected chi connectivity index (χ0v) is 14.6. The van der Waals surface area contributed by atoms with Crippen LogP contribution in [0.2, 0.25) is 0 Å². The highest BCUT2D eigenvalue weighted by Crippen LogP contribution is 2.31. The predicted octanol–water partition coefficient (Wildman–Crippen LogP) is 2.69. The summed E-state index contributed by atoms with van der Waals surface area (Å²) in [7, 11) is 0. The molecule has 0 aliphatic carbocycles. The van der Waals surface area contributed by atoms with E-state index in [1.54, 1.807) is 48.5 Å². The van der Waals surface area contributed by atoms with E-state index in [0.29, 0.717) is 0 Å². The molecule has 0 aromatic heterocycles. The number of hydrogen-bond acceptors (Lipinski definition) is 5. The number of likely N-dealkylation sites (tertiary alicyclic amines) is 1. The maximum atomic E-state index is 12.5. The molecule has 0 bridgehead atoms. The van der Waals surface area contributed by atoms with E-state index in [1.807, 2.05) is 0 Å². The summed E-state index contributed by atoms with van der Waals surface area (Å²) in [6, 6.07) is 0. The van der Waals surface area contributed by atoms with Gasteiger partial charge in [0.25, 0.3) is 0 Å². The number of Topliss-reactive ketones (excluding diaryl/α,β-unsaturated/α-hetero) is 1. The number of piperidine rings is 1. The largest absolute Gasteiger partial charge is 0.458 e. The molecule has 126 valence electrons. The molecule has 0 aromatic rings. The van der Waals surface area contributed by atoms with Gasteiger partial charge in [-0.3, -0.25) is 9.69 Å². The highest BCUT2D eigenvalue weighted by Gasteiger charge is 2.49. The highest BCUT2D eigenvalue weighted by molar-refractivity contribution is 5.93. The van der Waals surface area contributed by atoms with Crippen molar-refractivity contribution in [2.45, 2.75) is 78.0 Å². The maximum absolute atomic E-state index is 12.5. The number of amides is 1. The maximum Gasteiger partial charge on any atom is 0.411 e. The molecule has 6 nitrogen and oxygen atoms in total. The average Bonchev–Trinajstić information content (AvgIpc) is 2.27. The molecule has 0 aromatic carbocycles. The van der Waals surface area contributed by atoms with Crippen LogP contribution >= 0.6 is 0 Å². The van der Waals surface area contributed by atoms with Crippen LogP contribution in [-0.2, 0) is 19.1 Å². The Morgan fingerprint density at radius 3 is 2.00 bits per heavy atom. The Labute approximate surface area is 132 Å². The average molecular weight is 313 g/mol. The first kappa shape index (κ1) is 18.5. The van der Waals surface area contributed by atoms with Gasteiger partial charge in [0, 0.05) is 6.42 Å². The van der Waals surface area contributed by atoms with E-state index < -0.39 is 28.8 Å². The number of ether oxygens (including phenoxy) is 2. The van der Waals surface area contributed by atoms with E-state index >= 15 is 0 Å². The van der Waals surface area contributed by atoms with Crippen LogP contribution in [0.1, 0.15) is 61.3 Å². The second-order valence-corrected chi connectivity index (χ2v) is 7.88. The van der Waals surface area contributed by atoms with Crippen molar-refractivity contribution in [1.29, 1.82) is 0 Å². The van der Waals surface area contributed by atoms with Crippen molar-refractivity contribution in [3.8, 4) is 0 Å². The van der Waals surface area contributed by atoms with Crippen LogP contribution in [0.5, 0.6) is 0 Å². The Kier molecular flexibility index (Phi) is 4.94. The molecule has 1 rings (SSSR count). The Morgan fingerprint density at radius 1 is 1.05 bits per heavy atom. The highest BCUT2D eigenvalue weighted by atomic mass is 16.6. The van der Waals surface area contributed by atoms with Gasteiger partial charge in [0.15, 0.2) is 5.78 Å². The molecule has 6 heteroatoms. The number of esters is 1. The van der Waals surface area contributed by atoms with E-state index in [0.717, 1.165) is 0 Å². The molecule has 1 amide bonds. The summed E-state index contributed by atoms with van der Waals surface area (Å²) < 4.78 is 10.8. The first-order valence-corrected chi connectivity index (χ1v) is 7.50. The molecule has 1 heterocycles. The summed E-state index contributed by atoms with van der Waals surface area (Å²) in [4.78, 5) is 37.9. The summed E-state index contributed by atoms with van der Waals surface area (Å²) in [5.41, 5.74) is -2.56. The third kappa shape index (κ3) is 4.71. The fraction of sp³-hybridized carbons (Fsp3) is 0.812. The van der Waals surface area contributed by atoms with E-state index in [1.165, 1.54) is 4.90 Å². The van der Waals surface area contributed by atoms with Gasteiger partial charge < -0.3 is 9.47 Å². The Balaban J connectivity index is 3.04. The first-order chi connectivity index (χ1) is 9.74. The number of carbonyl (C=O) groups is 3. The van der Waals surface area contributed by atoms with Gasteiger partial charge in [-0.25, -0.2) is 9.59 Å². The van der Waals surface area contributed by atoms with Gasteiger partial charge in [-0.05, 0) is 54.9 Å². The van der Waals surface area contributed by atoms with Crippen LogP contribution in [0.4, 0.5) is 4.79 Å². The summed E-state index contributed by atoms with van der Waals surface area (Å²) >= 11 is 0. The summed E-state index contributed by atoms with van der Waals surface area (Å²) in [6.07, 6.45) is -0.191. The van der Waals surface area contributed by atoms with Crippen LogP contribution in [0.15, 0.2) is 0 Å². The zero-order chi connectivity index (χ0) is 17.3. The van der Waals surface area contributed by atoms with Crippen molar-refractivity contribution in [3.05, 3.63) is 0 Å². The minimum atomic E-state index is -1.19. The van der Waals surface area contributed by atoms with Gasteiger partial charge in [-0.15, -0.1) is 0 Å². The lowest BCUT2D eigenvalue weighted by Crippen LogP contribution is -2.61. The topological polar surface area (TPSA) is 72.9 Å². The minimum Gasteiger partial charge on any atom is -0.458 e. The number of carbonyl (C=O) groups excluding carboxylic acids is 3. The van der Waals surface area contributed by atoms with Crippen molar-refractivity contribution in [1.82, 2.24) is 4.90 Å². The standard InChI is InChI=1S/C16H27NO5/c1-14(2,3)21-12(19)16(7)9-8-11(18)10-17(16)13(20)22-15(4,5)6/h8-10H2,1-7H3/t16-/m0/s1. The second-order valence-electron chi connectivity index (χ2n) is 7.88. The Bertz CT molecular complexity index is 472. The van der Waals surface area contributed by atoms with Crippen molar-refractivity contribution in [2.24, 2.45) is 0 Å². The van der Waals surface area contributed by atoms with E-state index in [4.69, 9.17) is 9.47 Å². The molecule has 1 atom stereocenters. The number of ketones is 1. The molecule has 0 spiro atoms. The van der Waals surface area contributed by atoms with Gasteiger partial charge in [0.1, 0.15) is 16.7 Å². The lowest BCUT2D eigenvalue weighted by atomic mass is 9.88. The molecule has 0 saturated carbocycles. The number of nitrogens with zero attached hydrogens (tertiary/aromatic N) is 1. The number of hydrogen-bond donors (Lipinski definition) is 0. The molecule has 0 unspecified atom stereocenters. The van der Waals surface area contributed by atoms with E-state index in [2.05, 4.69) is 0 Å². The summed E-state index contributed by atoms with van der Waals surface area (Å²) in [5, 5.41) is 0. The molecule has 1 aliphatic rings. The molecular formula is C16H27NO5. The van der Waals surface area contributed by atoms with Crippen LogP contribution in [-0.4, -0.2) is 46.0 Å². The van der Waals surface area contributed by atoms with Crippen LogP contribution in [0.25, 0.3) is 0 Å². The van der Waals surface area contributed by atoms with Crippen molar-refractivity contribution < 1.29 is 23.9 Å². The lowest BCUT2D eigenvalue weighted by molar-refractivity contribution is -0.171. The predicted molar refractivity (Wildman–Crippen MR) is 81.4 cm³/mol. The third-order valence-electron chi connectivity index (χ3n) is 3.27. The molecule has 1 saturated heterocycles. The second kappa shape index (κ2) is 5.89. The number of rotatable bonds is 1. The lowest BCUT2D eigenvalue weighted by Gasteiger charge is -2.43. The molecule has 1 aliphatic heterocycles. The SMILES string of the molecule is CC(C)(C)OC(=O)N1CC(=O)CC[C@@]1(C)C(=O)OC(C)(C)C. The van der Waals surface area contributed by atoms with Crippen LogP contribution < -0.4 is 0 Å². The van der Waals surface area contributed by atoms with Gasteiger partial charge in [-0.2, -0.15) is 0 Å². The van der Waals surface area contributed by atoms with Gasteiger partial charge in [0.05, 0.1) is 6.54 Å². The molecular weight excluding hydrogens is 286 g/mol. The molecule has 0 N–H and O–H groups in total. The fourth-order valence-corrected chi connectivity index (χ4v) is 2.13. The third-order valence-corrected chi connectivity index (χ3v) is 3.27. The van der Waals surface area contributed by atoms with E-state index in [-0.39, 0.29) is 25.2 Å². The zero-order valence-electron chi connectivity index (χ0n) is 14.6.